The second-order valence-corrected chi connectivity index (χ2v) is 11.9. The van der Waals surface area contributed by atoms with Crippen LogP contribution in [-0.2, 0) is 48.0 Å². The minimum atomic E-state index is -4.21. The molecule has 1 N–H and O–H groups in total. The topological polar surface area (TPSA) is 128 Å². The van der Waals surface area contributed by atoms with Crippen LogP contribution in [0.1, 0.15) is 33.6 Å². The number of hydrogen-bond acceptors (Lipinski definition) is 10. The minimum Gasteiger partial charge on any atom is -0.463 e. The van der Waals surface area contributed by atoms with Crippen LogP contribution in [0.15, 0.2) is 29.8 Å². The SMILES string of the molecule is CCOC(=O)C1=CC2(CCC1S(=O)(=O)Nc1ccc(F)cc1Cl)OCC(C1OC(C)O1)(C1OC(C)O1)CO2. The second-order valence-electron chi connectivity index (χ2n) is 9.58. The summed E-state index contributed by atoms with van der Waals surface area (Å²) in [6.45, 7) is 5.22. The van der Waals surface area contributed by atoms with Crippen LogP contribution in [0.2, 0.25) is 5.02 Å². The Hall–Kier alpha value is -1.84. The van der Waals surface area contributed by atoms with Crippen molar-refractivity contribution in [3.8, 4) is 0 Å². The molecule has 3 heterocycles. The fraction of sp³-hybridized carbons (Fsp3) is 0.625. The van der Waals surface area contributed by atoms with Crippen molar-refractivity contribution in [3.63, 3.8) is 0 Å². The number of benzene rings is 1. The average molecular weight is 578 g/mol. The maximum Gasteiger partial charge on any atom is 0.335 e. The van der Waals surface area contributed by atoms with Crippen LogP contribution in [-0.4, -0.2) is 70.4 Å². The summed E-state index contributed by atoms with van der Waals surface area (Å²) in [5.74, 6) is -2.84. The normalized spacial score (nSPS) is 37.1. The summed E-state index contributed by atoms with van der Waals surface area (Å²) in [4.78, 5) is 12.9. The molecule has 3 fully saturated rings. The standard InChI is InChI=1S/C24H29ClFNO10S/c1-4-31-20(28)16-10-24(8-7-19(16)38(29,30)27-18-6-5-15(26)9-17(18)25)32-11-23(12-33-24,21-34-13(2)35-21)22-36-14(3)37-22/h5-6,9-10,13-14,19,21-22,27H,4,7-8,11-12H2,1-3H3. The van der Waals surface area contributed by atoms with Crippen molar-refractivity contribution < 1.29 is 50.8 Å². The summed E-state index contributed by atoms with van der Waals surface area (Å²) in [6.07, 6.45) is -0.756. The molecule has 38 heavy (non-hydrogen) atoms. The summed E-state index contributed by atoms with van der Waals surface area (Å²) >= 11 is 6.01. The Kier molecular flexibility index (Phi) is 7.50. The van der Waals surface area contributed by atoms with Gasteiger partial charge in [0.1, 0.15) is 16.5 Å². The van der Waals surface area contributed by atoms with Gasteiger partial charge in [0.25, 0.3) is 0 Å². The zero-order valence-corrected chi connectivity index (χ0v) is 22.6. The number of ether oxygens (including phenoxy) is 7. The van der Waals surface area contributed by atoms with E-state index in [0.717, 1.165) is 12.1 Å². The lowest BCUT2D eigenvalue weighted by Gasteiger charge is -2.57. The molecule has 0 radical (unpaired) electrons. The molecule has 11 nitrogen and oxygen atoms in total. The van der Waals surface area contributed by atoms with Crippen molar-refractivity contribution in [1.82, 2.24) is 0 Å². The van der Waals surface area contributed by atoms with Crippen LogP contribution < -0.4 is 4.72 Å². The van der Waals surface area contributed by atoms with Crippen molar-refractivity contribution >= 4 is 33.3 Å². The highest BCUT2D eigenvalue weighted by Gasteiger charge is 2.62. The van der Waals surface area contributed by atoms with Gasteiger partial charge in [-0.15, -0.1) is 0 Å². The first kappa shape index (κ1) is 27.7. The van der Waals surface area contributed by atoms with E-state index in [9.17, 15) is 17.6 Å². The average Bonchev–Trinajstić information content (AvgIpc) is 2.83. The molecule has 1 aliphatic carbocycles. The zero-order chi connectivity index (χ0) is 27.3. The molecular formula is C24H29ClFNO10S. The smallest absolute Gasteiger partial charge is 0.335 e. The number of carbonyl (C=O) groups excluding carboxylic acids is 1. The van der Waals surface area contributed by atoms with Gasteiger partial charge in [-0.05, 0) is 51.5 Å². The quantitative estimate of drug-likeness (QED) is 0.483. The van der Waals surface area contributed by atoms with Gasteiger partial charge in [0.15, 0.2) is 30.9 Å². The van der Waals surface area contributed by atoms with E-state index in [1.807, 2.05) is 0 Å². The van der Waals surface area contributed by atoms with Gasteiger partial charge in [0.05, 0.1) is 36.1 Å². The van der Waals surface area contributed by atoms with Gasteiger partial charge in [-0.3, -0.25) is 4.72 Å². The number of sulfonamides is 1. The molecule has 1 aromatic rings. The van der Waals surface area contributed by atoms with E-state index < -0.39 is 63.4 Å². The summed E-state index contributed by atoms with van der Waals surface area (Å²) in [5.41, 5.74) is -1.09. The van der Waals surface area contributed by atoms with E-state index in [1.165, 1.54) is 12.1 Å². The predicted octanol–water partition coefficient (Wildman–Crippen LogP) is 3.04. The summed E-state index contributed by atoms with van der Waals surface area (Å²) in [6, 6.07) is 3.27. The van der Waals surface area contributed by atoms with E-state index in [4.69, 9.17) is 44.8 Å². The highest BCUT2D eigenvalue weighted by atomic mass is 35.5. The number of nitrogens with one attached hydrogen (secondary N) is 1. The van der Waals surface area contributed by atoms with Crippen LogP contribution in [0.5, 0.6) is 0 Å². The molecule has 3 saturated heterocycles. The Balaban J connectivity index is 1.39. The largest absolute Gasteiger partial charge is 0.463 e. The number of carbonyl (C=O) groups is 1. The Morgan fingerprint density at radius 2 is 1.74 bits per heavy atom. The number of rotatable bonds is 7. The molecule has 0 bridgehead atoms. The van der Waals surface area contributed by atoms with Crippen molar-refractivity contribution in [2.75, 3.05) is 24.5 Å². The molecule has 3 aliphatic heterocycles. The summed E-state index contributed by atoms with van der Waals surface area (Å²) in [5, 5.41) is -1.42. The first-order valence-electron chi connectivity index (χ1n) is 12.2. The Morgan fingerprint density at radius 1 is 1.13 bits per heavy atom. The minimum absolute atomic E-state index is 0.0176. The molecule has 5 rings (SSSR count). The van der Waals surface area contributed by atoms with Gasteiger partial charge in [-0.1, -0.05) is 11.6 Å². The second kappa shape index (κ2) is 10.3. The maximum absolute atomic E-state index is 13.4. The molecule has 210 valence electrons. The van der Waals surface area contributed by atoms with E-state index in [1.54, 1.807) is 20.8 Å². The van der Waals surface area contributed by atoms with E-state index in [0.29, 0.717) is 0 Å². The number of halogens is 2. The zero-order valence-electron chi connectivity index (χ0n) is 21.0. The fourth-order valence-corrected chi connectivity index (χ4v) is 6.70. The maximum atomic E-state index is 13.4. The fourth-order valence-electron chi connectivity index (χ4n) is 4.88. The lowest BCUT2D eigenvalue weighted by Crippen LogP contribution is -2.68. The van der Waals surface area contributed by atoms with Gasteiger partial charge in [-0.25, -0.2) is 17.6 Å². The molecule has 0 amide bonds. The molecule has 0 saturated carbocycles. The van der Waals surface area contributed by atoms with Crippen LogP contribution in [0.4, 0.5) is 10.1 Å². The Labute approximate surface area is 224 Å². The van der Waals surface area contributed by atoms with E-state index in [-0.39, 0.29) is 48.9 Å². The third kappa shape index (κ3) is 5.06. The summed E-state index contributed by atoms with van der Waals surface area (Å²) < 4.78 is 82.9. The van der Waals surface area contributed by atoms with E-state index >= 15 is 0 Å². The third-order valence-corrected chi connectivity index (χ3v) is 8.97. The molecule has 1 spiro atoms. The highest BCUT2D eigenvalue weighted by molar-refractivity contribution is 7.93. The molecule has 0 aromatic heterocycles. The molecule has 1 unspecified atom stereocenters. The lowest BCUT2D eigenvalue weighted by atomic mass is 9.83. The number of hydrogen-bond donors (Lipinski definition) is 1. The van der Waals surface area contributed by atoms with Crippen molar-refractivity contribution in [2.24, 2.45) is 5.41 Å². The third-order valence-electron chi connectivity index (χ3n) is 6.92. The van der Waals surface area contributed by atoms with Gasteiger partial charge in [0.2, 0.25) is 10.0 Å². The molecular weight excluding hydrogens is 549 g/mol. The first-order chi connectivity index (χ1) is 18.0. The van der Waals surface area contributed by atoms with Gasteiger partial charge in [0, 0.05) is 6.42 Å². The molecule has 14 heteroatoms. The molecule has 4 aliphatic rings. The van der Waals surface area contributed by atoms with Gasteiger partial charge in [-0.2, -0.15) is 0 Å². The number of anilines is 1. The molecule has 1 aromatic carbocycles. The van der Waals surface area contributed by atoms with Gasteiger partial charge >= 0.3 is 5.97 Å². The Bertz CT molecular complexity index is 1190. The van der Waals surface area contributed by atoms with Crippen LogP contribution in [0.25, 0.3) is 0 Å². The van der Waals surface area contributed by atoms with Crippen molar-refractivity contribution in [1.29, 1.82) is 0 Å². The monoisotopic (exact) mass is 577 g/mol. The van der Waals surface area contributed by atoms with Crippen LogP contribution in [0.3, 0.4) is 0 Å². The van der Waals surface area contributed by atoms with Gasteiger partial charge < -0.3 is 33.2 Å². The molecule has 1 atom stereocenters. The lowest BCUT2D eigenvalue weighted by molar-refractivity contribution is -0.504. The van der Waals surface area contributed by atoms with Crippen molar-refractivity contribution in [2.45, 2.75) is 69.8 Å². The van der Waals surface area contributed by atoms with Crippen LogP contribution in [0, 0.1) is 11.2 Å². The first-order valence-corrected chi connectivity index (χ1v) is 14.2. The van der Waals surface area contributed by atoms with Crippen LogP contribution >= 0.6 is 11.6 Å². The number of esters is 1. The highest BCUT2D eigenvalue weighted by Crippen LogP contribution is 2.49. The van der Waals surface area contributed by atoms with Crippen molar-refractivity contribution in [3.05, 3.63) is 40.7 Å². The predicted molar refractivity (Wildman–Crippen MR) is 130 cm³/mol. The Morgan fingerprint density at radius 3 is 2.26 bits per heavy atom. The summed E-state index contributed by atoms with van der Waals surface area (Å²) in [7, 11) is -4.21. The van der Waals surface area contributed by atoms with E-state index in [2.05, 4.69) is 4.72 Å².